The van der Waals surface area contributed by atoms with Gasteiger partial charge in [-0.15, -0.1) is 0 Å². The van der Waals surface area contributed by atoms with Gasteiger partial charge in [0.05, 0.1) is 0 Å². The van der Waals surface area contributed by atoms with Crippen LogP contribution in [0.2, 0.25) is 0 Å². The van der Waals surface area contributed by atoms with E-state index in [1.54, 1.807) is 24.8 Å². The molecular weight excluding hydrogens is 200 g/mol. The average molecular weight is 214 g/mol. The highest BCUT2D eigenvalue weighted by Crippen LogP contribution is 2.25. The lowest BCUT2D eigenvalue weighted by Crippen LogP contribution is -2.04. The van der Waals surface area contributed by atoms with Crippen molar-refractivity contribution in [1.82, 2.24) is 9.97 Å². The molecule has 2 rings (SSSR count). The number of aryl methyl sites for hydroxylation is 2. The molecule has 0 amide bonds. The number of aliphatic hydroxyl groups excluding tert-OH is 1. The number of aromatic nitrogens is 2. The highest BCUT2D eigenvalue weighted by atomic mass is 16.3. The van der Waals surface area contributed by atoms with Crippen molar-refractivity contribution in [3.63, 3.8) is 0 Å². The fraction of sp³-hybridized carbons (Fsp3) is 0.231. The van der Waals surface area contributed by atoms with E-state index >= 15 is 0 Å². The summed E-state index contributed by atoms with van der Waals surface area (Å²) in [5.74, 6) is 0. The van der Waals surface area contributed by atoms with Crippen LogP contribution in [0.25, 0.3) is 0 Å². The van der Waals surface area contributed by atoms with Gasteiger partial charge in [0.2, 0.25) is 0 Å². The predicted molar refractivity (Wildman–Crippen MR) is 62.0 cm³/mol. The standard InChI is InChI=1S/C13H14N2O/c1-9-3-5-14-7-11(9)13(16)12-8-15-6-4-10(12)2/h3-8,13,16H,1-2H3. The molecule has 0 spiro atoms. The van der Waals surface area contributed by atoms with Crippen LogP contribution in [0.4, 0.5) is 0 Å². The Labute approximate surface area is 94.8 Å². The molecule has 3 heteroatoms. The van der Waals surface area contributed by atoms with Crippen LogP contribution >= 0.6 is 0 Å². The predicted octanol–water partition coefficient (Wildman–Crippen LogP) is 2.18. The van der Waals surface area contributed by atoms with E-state index in [-0.39, 0.29) is 0 Å². The summed E-state index contributed by atoms with van der Waals surface area (Å²) >= 11 is 0. The lowest BCUT2D eigenvalue weighted by molar-refractivity contribution is 0.218. The molecule has 1 N–H and O–H groups in total. The first-order valence-electron chi connectivity index (χ1n) is 5.19. The summed E-state index contributed by atoms with van der Waals surface area (Å²) < 4.78 is 0. The van der Waals surface area contributed by atoms with Crippen LogP contribution in [0.15, 0.2) is 36.9 Å². The third kappa shape index (κ3) is 1.95. The summed E-state index contributed by atoms with van der Waals surface area (Å²) in [5, 5.41) is 10.3. The fourth-order valence-electron chi connectivity index (χ4n) is 1.69. The molecule has 2 aromatic heterocycles. The molecule has 0 aliphatic rings. The second-order valence-electron chi connectivity index (χ2n) is 3.87. The van der Waals surface area contributed by atoms with Gasteiger partial charge in [-0.1, -0.05) is 0 Å². The number of nitrogens with zero attached hydrogens (tertiary/aromatic N) is 2. The molecule has 0 bridgehead atoms. The average Bonchev–Trinajstić information content (AvgIpc) is 2.29. The fourth-order valence-corrected chi connectivity index (χ4v) is 1.69. The van der Waals surface area contributed by atoms with Gasteiger partial charge in [-0.2, -0.15) is 0 Å². The SMILES string of the molecule is Cc1ccncc1C(O)c1cnccc1C. The van der Waals surface area contributed by atoms with Crippen LogP contribution in [0, 0.1) is 13.8 Å². The van der Waals surface area contributed by atoms with Crippen molar-refractivity contribution in [3.05, 3.63) is 59.2 Å². The molecule has 0 unspecified atom stereocenters. The van der Waals surface area contributed by atoms with Gasteiger partial charge in [-0.3, -0.25) is 9.97 Å². The van der Waals surface area contributed by atoms with Crippen molar-refractivity contribution in [3.8, 4) is 0 Å². The Hall–Kier alpha value is -1.74. The van der Waals surface area contributed by atoms with Crippen molar-refractivity contribution in [2.45, 2.75) is 20.0 Å². The second-order valence-corrected chi connectivity index (χ2v) is 3.87. The molecule has 0 fully saturated rings. The van der Waals surface area contributed by atoms with E-state index in [9.17, 15) is 5.11 Å². The van der Waals surface area contributed by atoms with Crippen molar-refractivity contribution < 1.29 is 5.11 Å². The number of aliphatic hydroxyl groups is 1. The first-order valence-corrected chi connectivity index (χ1v) is 5.19. The maximum absolute atomic E-state index is 10.3. The molecule has 2 heterocycles. The lowest BCUT2D eigenvalue weighted by atomic mass is 9.98. The van der Waals surface area contributed by atoms with Gasteiger partial charge in [0.1, 0.15) is 6.10 Å². The smallest absolute Gasteiger partial charge is 0.108 e. The summed E-state index contributed by atoms with van der Waals surface area (Å²) in [6.07, 6.45) is 6.20. The number of hydrogen-bond acceptors (Lipinski definition) is 3. The molecule has 0 aromatic carbocycles. The van der Waals surface area contributed by atoms with Gasteiger partial charge in [0, 0.05) is 35.9 Å². The van der Waals surface area contributed by atoms with Crippen molar-refractivity contribution in [2.24, 2.45) is 0 Å². The Kier molecular flexibility index (Phi) is 2.97. The maximum atomic E-state index is 10.3. The minimum absolute atomic E-state index is 0.651. The van der Waals surface area contributed by atoms with Crippen LogP contribution in [-0.4, -0.2) is 15.1 Å². The Morgan fingerprint density at radius 2 is 1.38 bits per heavy atom. The van der Waals surface area contributed by atoms with E-state index in [0.29, 0.717) is 0 Å². The maximum Gasteiger partial charge on any atom is 0.108 e. The Morgan fingerprint density at radius 3 is 1.75 bits per heavy atom. The topological polar surface area (TPSA) is 46.0 Å². The normalized spacial score (nSPS) is 10.8. The highest BCUT2D eigenvalue weighted by molar-refractivity contribution is 5.35. The first-order chi connectivity index (χ1) is 7.70. The van der Waals surface area contributed by atoms with Crippen molar-refractivity contribution in [2.75, 3.05) is 0 Å². The highest BCUT2D eigenvalue weighted by Gasteiger charge is 2.14. The molecule has 0 saturated heterocycles. The zero-order chi connectivity index (χ0) is 11.5. The number of hydrogen-bond donors (Lipinski definition) is 1. The molecule has 16 heavy (non-hydrogen) atoms. The zero-order valence-electron chi connectivity index (χ0n) is 9.38. The zero-order valence-corrected chi connectivity index (χ0v) is 9.38. The summed E-state index contributed by atoms with van der Waals surface area (Å²) in [6.45, 7) is 3.93. The van der Waals surface area contributed by atoms with Gasteiger partial charge in [-0.25, -0.2) is 0 Å². The van der Waals surface area contributed by atoms with E-state index in [2.05, 4.69) is 9.97 Å². The molecule has 2 aromatic rings. The Balaban J connectivity index is 2.44. The quantitative estimate of drug-likeness (QED) is 0.833. The summed E-state index contributed by atoms with van der Waals surface area (Å²) in [4.78, 5) is 8.08. The molecule has 0 atom stereocenters. The van der Waals surface area contributed by atoms with Gasteiger partial charge >= 0.3 is 0 Å². The van der Waals surface area contributed by atoms with Crippen molar-refractivity contribution in [1.29, 1.82) is 0 Å². The monoisotopic (exact) mass is 214 g/mol. The van der Waals surface area contributed by atoms with Gasteiger partial charge in [0.25, 0.3) is 0 Å². The van der Waals surface area contributed by atoms with Crippen LogP contribution in [0.5, 0.6) is 0 Å². The van der Waals surface area contributed by atoms with Gasteiger partial charge in [-0.05, 0) is 37.1 Å². The first kappa shape index (κ1) is 10.8. The largest absolute Gasteiger partial charge is 0.384 e. The Morgan fingerprint density at radius 1 is 0.938 bits per heavy atom. The third-order valence-corrected chi connectivity index (χ3v) is 2.75. The van der Waals surface area contributed by atoms with Gasteiger partial charge in [0.15, 0.2) is 0 Å². The third-order valence-electron chi connectivity index (χ3n) is 2.75. The van der Waals surface area contributed by atoms with Crippen molar-refractivity contribution >= 4 is 0 Å². The van der Waals surface area contributed by atoms with E-state index in [1.807, 2.05) is 26.0 Å². The minimum atomic E-state index is -0.651. The lowest BCUT2D eigenvalue weighted by Gasteiger charge is -2.14. The molecule has 0 radical (unpaired) electrons. The molecule has 3 nitrogen and oxygen atoms in total. The molecule has 0 saturated carbocycles. The van der Waals surface area contributed by atoms with Gasteiger partial charge < -0.3 is 5.11 Å². The van der Waals surface area contributed by atoms with Crippen LogP contribution in [0.1, 0.15) is 28.4 Å². The molecule has 0 aliphatic heterocycles. The van der Waals surface area contributed by atoms with E-state index < -0.39 is 6.10 Å². The van der Waals surface area contributed by atoms with Crippen LogP contribution in [-0.2, 0) is 0 Å². The number of rotatable bonds is 2. The second kappa shape index (κ2) is 4.41. The van der Waals surface area contributed by atoms with Crippen LogP contribution in [0.3, 0.4) is 0 Å². The van der Waals surface area contributed by atoms with E-state index in [4.69, 9.17) is 0 Å². The van der Waals surface area contributed by atoms with Crippen LogP contribution < -0.4 is 0 Å². The Bertz CT molecular complexity index is 451. The molecular formula is C13H14N2O. The molecule has 0 aliphatic carbocycles. The number of pyridine rings is 2. The van der Waals surface area contributed by atoms with E-state index in [1.165, 1.54) is 0 Å². The summed E-state index contributed by atoms with van der Waals surface area (Å²) in [7, 11) is 0. The van der Waals surface area contributed by atoms with E-state index in [0.717, 1.165) is 22.3 Å². The summed E-state index contributed by atoms with van der Waals surface area (Å²) in [6, 6.07) is 3.79. The summed E-state index contributed by atoms with van der Waals surface area (Å²) in [5.41, 5.74) is 3.73. The molecule has 82 valence electrons. The minimum Gasteiger partial charge on any atom is -0.384 e.